The van der Waals surface area contributed by atoms with Crippen molar-refractivity contribution in [2.24, 2.45) is 0 Å². The molecule has 222 valence electrons. The maximum absolute atomic E-state index is 12.9. The first kappa shape index (κ1) is 32.3. The Morgan fingerprint density at radius 3 is 2.02 bits per heavy atom. The molecule has 0 saturated heterocycles. The van der Waals surface area contributed by atoms with E-state index in [1.165, 1.54) is 0 Å². The Morgan fingerprint density at radius 2 is 1.49 bits per heavy atom. The molecule has 0 bridgehead atoms. The van der Waals surface area contributed by atoms with Gasteiger partial charge in [-0.05, 0) is 45.0 Å². The highest BCUT2D eigenvalue weighted by atomic mass is 16.6. The van der Waals surface area contributed by atoms with Crippen molar-refractivity contribution in [3.05, 3.63) is 36.2 Å². The normalized spacial score (nSPS) is 12.2. The van der Waals surface area contributed by atoms with E-state index < -0.39 is 66.7 Å². The predicted octanol–water partition coefficient (Wildman–Crippen LogP) is 1.57. The second-order valence-corrected chi connectivity index (χ2v) is 9.46. The molecule has 3 amide bonds. The number of aromatic nitrogens is 1. The van der Waals surface area contributed by atoms with Crippen molar-refractivity contribution in [3.8, 4) is 11.5 Å². The topological polar surface area (TPSA) is 201 Å². The molecule has 0 spiro atoms. The SMILES string of the molecule is COC(=O)C(COC(C)=O)NC(=O)C(COC(C)=O)NC(=O)c1coc(-c2ccc(NC(=O)OC(C)(C)C)cc2)n1. The van der Waals surface area contributed by atoms with Gasteiger partial charge in [-0.15, -0.1) is 0 Å². The van der Waals surface area contributed by atoms with Crippen LogP contribution in [0.4, 0.5) is 10.5 Å². The lowest BCUT2D eigenvalue weighted by molar-refractivity contribution is -0.152. The lowest BCUT2D eigenvalue weighted by atomic mass is 10.2. The van der Waals surface area contributed by atoms with Crippen LogP contribution in [0.25, 0.3) is 11.5 Å². The van der Waals surface area contributed by atoms with Crippen molar-refractivity contribution in [1.29, 1.82) is 0 Å². The van der Waals surface area contributed by atoms with E-state index in [2.05, 4.69) is 25.7 Å². The number of anilines is 1. The molecule has 3 N–H and O–H groups in total. The number of ether oxygens (including phenoxy) is 4. The number of benzene rings is 1. The summed E-state index contributed by atoms with van der Waals surface area (Å²) in [7, 11) is 1.07. The minimum atomic E-state index is -1.46. The maximum Gasteiger partial charge on any atom is 0.412 e. The quantitative estimate of drug-likeness (QED) is 0.258. The zero-order valence-electron chi connectivity index (χ0n) is 23.4. The molecule has 0 saturated carbocycles. The van der Waals surface area contributed by atoms with E-state index >= 15 is 0 Å². The molecule has 1 aromatic heterocycles. The van der Waals surface area contributed by atoms with Crippen molar-refractivity contribution in [1.82, 2.24) is 15.6 Å². The molecule has 0 radical (unpaired) electrons. The molecule has 2 rings (SSSR count). The summed E-state index contributed by atoms with van der Waals surface area (Å²) in [6, 6.07) is 3.49. The summed E-state index contributed by atoms with van der Waals surface area (Å²) in [5, 5.41) is 7.23. The summed E-state index contributed by atoms with van der Waals surface area (Å²) in [6.07, 6.45) is 0.424. The number of carbonyl (C=O) groups is 6. The summed E-state index contributed by atoms with van der Waals surface area (Å²) < 4.78 is 24.8. The number of carbonyl (C=O) groups excluding carboxylic acids is 6. The summed E-state index contributed by atoms with van der Waals surface area (Å²) in [4.78, 5) is 76.2. The van der Waals surface area contributed by atoms with Crippen molar-refractivity contribution in [3.63, 3.8) is 0 Å². The largest absolute Gasteiger partial charge is 0.467 e. The van der Waals surface area contributed by atoms with E-state index in [4.69, 9.17) is 18.6 Å². The number of hydrogen-bond donors (Lipinski definition) is 3. The number of oxazole rings is 1. The van der Waals surface area contributed by atoms with E-state index in [1.54, 1.807) is 45.0 Å². The van der Waals surface area contributed by atoms with Crippen LogP contribution in [0.5, 0.6) is 0 Å². The van der Waals surface area contributed by atoms with Crippen molar-refractivity contribution < 1.29 is 52.1 Å². The number of methoxy groups -OCH3 is 1. The van der Waals surface area contributed by atoms with Crippen molar-refractivity contribution in [2.75, 3.05) is 25.6 Å². The van der Waals surface area contributed by atoms with Crippen LogP contribution in [0.15, 0.2) is 34.9 Å². The minimum Gasteiger partial charge on any atom is -0.467 e. The molecule has 1 aromatic carbocycles. The Labute approximate surface area is 235 Å². The first-order valence-electron chi connectivity index (χ1n) is 12.2. The molecule has 0 fully saturated rings. The fourth-order valence-electron chi connectivity index (χ4n) is 3.03. The van der Waals surface area contributed by atoms with Gasteiger partial charge in [0.15, 0.2) is 11.7 Å². The van der Waals surface area contributed by atoms with Gasteiger partial charge in [-0.1, -0.05) is 0 Å². The van der Waals surface area contributed by atoms with Gasteiger partial charge in [0, 0.05) is 25.1 Å². The van der Waals surface area contributed by atoms with Crippen LogP contribution in [-0.2, 0) is 38.1 Å². The van der Waals surface area contributed by atoms with Gasteiger partial charge < -0.3 is 34.0 Å². The van der Waals surface area contributed by atoms with Gasteiger partial charge in [0.05, 0.1) is 7.11 Å². The molecule has 0 aliphatic heterocycles. The third-order valence-electron chi connectivity index (χ3n) is 4.84. The number of hydrogen-bond acceptors (Lipinski definition) is 12. The molecule has 41 heavy (non-hydrogen) atoms. The number of rotatable bonds is 11. The number of amides is 3. The summed E-state index contributed by atoms with van der Waals surface area (Å²) in [5.41, 5.74) is 0.0513. The highest BCUT2D eigenvalue weighted by Gasteiger charge is 2.30. The number of esters is 3. The molecule has 1 heterocycles. The van der Waals surface area contributed by atoms with E-state index in [9.17, 15) is 28.8 Å². The number of nitrogens with one attached hydrogen (secondary N) is 3. The molecular formula is C26H32N4O11. The highest BCUT2D eigenvalue weighted by Crippen LogP contribution is 2.21. The number of nitrogens with zero attached hydrogens (tertiary/aromatic N) is 1. The minimum absolute atomic E-state index is 0.0621. The Morgan fingerprint density at radius 1 is 0.902 bits per heavy atom. The van der Waals surface area contributed by atoms with Gasteiger partial charge in [0.25, 0.3) is 5.91 Å². The molecule has 0 aliphatic carbocycles. The van der Waals surface area contributed by atoms with E-state index in [0.717, 1.165) is 27.2 Å². The standard InChI is InChI=1S/C26H32N4O11/c1-14(31)38-11-18(21(33)29-20(24(35)37-6)13-39-15(2)32)28-22(34)19-12-40-23(30-19)16-7-9-17(10-8-16)27-25(36)41-26(3,4)5/h7-10,12,18,20H,11,13H2,1-6H3,(H,27,36)(H,28,34)(H,29,33). The average Bonchev–Trinajstić information content (AvgIpc) is 3.38. The highest BCUT2D eigenvalue weighted by molar-refractivity contribution is 5.97. The fourth-order valence-corrected chi connectivity index (χ4v) is 3.03. The third-order valence-corrected chi connectivity index (χ3v) is 4.84. The van der Waals surface area contributed by atoms with E-state index in [-0.39, 0.29) is 11.6 Å². The lowest BCUT2D eigenvalue weighted by Gasteiger charge is -2.21. The Bertz CT molecular complexity index is 1260. The van der Waals surface area contributed by atoms with E-state index in [1.807, 2.05) is 0 Å². The Kier molecular flexibility index (Phi) is 11.4. The van der Waals surface area contributed by atoms with Gasteiger partial charge >= 0.3 is 24.0 Å². The van der Waals surface area contributed by atoms with Crippen LogP contribution in [0.1, 0.15) is 45.1 Å². The average molecular weight is 577 g/mol. The predicted molar refractivity (Wildman–Crippen MR) is 140 cm³/mol. The molecule has 0 aliphatic rings. The molecule has 2 aromatic rings. The van der Waals surface area contributed by atoms with Crippen LogP contribution in [0, 0.1) is 0 Å². The summed E-state index contributed by atoms with van der Waals surface area (Å²) in [5.74, 6) is -4.06. The first-order valence-corrected chi connectivity index (χ1v) is 12.2. The fraction of sp³-hybridized carbons (Fsp3) is 0.423. The van der Waals surface area contributed by atoms with Crippen LogP contribution < -0.4 is 16.0 Å². The monoisotopic (exact) mass is 576 g/mol. The zero-order chi connectivity index (χ0) is 30.7. The van der Waals surface area contributed by atoms with Crippen LogP contribution in [0.3, 0.4) is 0 Å². The van der Waals surface area contributed by atoms with Gasteiger partial charge in [-0.3, -0.25) is 24.5 Å². The van der Waals surface area contributed by atoms with E-state index in [0.29, 0.717) is 11.3 Å². The maximum atomic E-state index is 12.9. The second kappa shape index (κ2) is 14.4. The van der Waals surface area contributed by atoms with Crippen LogP contribution >= 0.6 is 0 Å². The first-order chi connectivity index (χ1) is 19.2. The van der Waals surface area contributed by atoms with Gasteiger partial charge in [0.1, 0.15) is 31.1 Å². The van der Waals surface area contributed by atoms with Crippen LogP contribution in [0.2, 0.25) is 0 Å². The molecule has 2 unspecified atom stereocenters. The molecule has 15 nitrogen and oxygen atoms in total. The second-order valence-electron chi connectivity index (χ2n) is 9.46. The van der Waals surface area contributed by atoms with Crippen LogP contribution in [-0.4, -0.2) is 78.8 Å². The molecule has 2 atom stereocenters. The van der Waals surface area contributed by atoms with Crippen molar-refractivity contribution >= 4 is 41.5 Å². The Balaban J connectivity index is 2.12. The zero-order valence-corrected chi connectivity index (χ0v) is 23.4. The lowest BCUT2D eigenvalue weighted by Crippen LogP contribution is -2.55. The van der Waals surface area contributed by atoms with Gasteiger partial charge in [-0.25, -0.2) is 14.6 Å². The Hall–Kier alpha value is -4.95. The van der Waals surface area contributed by atoms with Crippen molar-refractivity contribution in [2.45, 2.75) is 52.3 Å². The third kappa shape index (κ3) is 11.0. The van der Waals surface area contributed by atoms with Gasteiger partial charge in [-0.2, -0.15) is 0 Å². The molecular weight excluding hydrogens is 544 g/mol. The van der Waals surface area contributed by atoms with Gasteiger partial charge in [0.2, 0.25) is 11.8 Å². The smallest absolute Gasteiger partial charge is 0.412 e. The summed E-state index contributed by atoms with van der Waals surface area (Å²) >= 11 is 0. The summed E-state index contributed by atoms with van der Waals surface area (Å²) in [6.45, 7) is 6.33. The molecule has 15 heteroatoms.